The Kier molecular flexibility index (Phi) is 2.65. The highest BCUT2D eigenvalue weighted by Crippen LogP contribution is 1.97. The van der Waals surface area contributed by atoms with Gasteiger partial charge >= 0.3 is 0 Å². The minimum absolute atomic E-state index is 0.0214. The average Bonchev–Trinajstić information content (AvgIpc) is 1.98. The number of nitrogens with zero attached hydrogens (tertiary/aromatic N) is 1. The molecule has 2 N–H and O–H groups in total. The smallest absolute Gasteiger partial charge is 0.250 e. The summed E-state index contributed by atoms with van der Waals surface area (Å²) in [4.78, 5) is 11.1. The van der Waals surface area contributed by atoms with Crippen molar-refractivity contribution < 1.29 is 0 Å². The number of rotatable bonds is 2. The van der Waals surface area contributed by atoms with Crippen molar-refractivity contribution in [1.29, 1.82) is 0 Å². The molecule has 12 heavy (non-hydrogen) atoms. The van der Waals surface area contributed by atoms with Crippen LogP contribution in [-0.4, -0.2) is 10.6 Å². The van der Waals surface area contributed by atoms with E-state index in [4.69, 9.17) is 5.73 Å². The van der Waals surface area contributed by atoms with Crippen molar-refractivity contribution in [3.8, 4) is 0 Å². The normalized spacial score (nSPS) is 12.9. The van der Waals surface area contributed by atoms with Crippen molar-refractivity contribution in [1.82, 2.24) is 4.57 Å². The SMILES string of the molecule is CC(N)Cc1cccc(=O)n1C. The van der Waals surface area contributed by atoms with E-state index >= 15 is 0 Å². The van der Waals surface area contributed by atoms with E-state index < -0.39 is 0 Å². The van der Waals surface area contributed by atoms with Crippen LogP contribution in [0.25, 0.3) is 0 Å². The summed E-state index contributed by atoms with van der Waals surface area (Å²) in [5, 5.41) is 0. The second-order valence-electron chi connectivity index (χ2n) is 3.10. The maximum absolute atomic E-state index is 11.1. The first-order chi connectivity index (χ1) is 5.61. The number of aromatic nitrogens is 1. The molecule has 0 radical (unpaired) electrons. The maximum atomic E-state index is 11.1. The second kappa shape index (κ2) is 3.54. The lowest BCUT2D eigenvalue weighted by Gasteiger charge is -2.09. The van der Waals surface area contributed by atoms with Crippen molar-refractivity contribution in [3.05, 3.63) is 34.2 Å². The fourth-order valence-electron chi connectivity index (χ4n) is 1.14. The van der Waals surface area contributed by atoms with Crippen LogP contribution in [0.1, 0.15) is 12.6 Å². The van der Waals surface area contributed by atoms with Crippen molar-refractivity contribution in [2.75, 3.05) is 0 Å². The van der Waals surface area contributed by atoms with Gasteiger partial charge in [0.1, 0.15) is 0 Å². The Labute approximate surface area is 71.8 Å². The lowest BCUT2D eigenvalue weighted by Crippen LogP contribution is -2.25. The molecule has 0 bridgehead atoms. The summed E-state index contributed by atoms with van der Waals surface area (Å²) in [6, 6.07) is 5.33. The van der Waals surface area contributed by atoms with E-state index in [9.17, 15) is 4.79 Å². The first kappa shape index (κ1) is 9.00. The third-order valence-corrected chi connectivity index (χ3v) is 1.82. The van der Waals surface area contributed by atoms with Crippen LogP contribution in [0.3, 0.4) is 0 Å². The molecule has 0 saturated carbocycles. The zero-order chi connectivity index (χ0) is 9.14. The molecule has 1 unspecified atom stereocenters. The van der Waals surface area contributed by atoms with Gasteiger partial charge in [-0.1, -0.05) is 6.07 Å². The van der Waals surface area contributed by atoms with Crippen LogP contribution >= 0.6 is 0 Å². The molecule has 1 heterocycles. The number of hydrogen-bond acceptors (Lipinski definition) is 2. The summed E-state index contributed by atoms with van der Waals surface area (Å²) in [6.45, 7) is 1.93. The summed E-state index contributed by atoms with van der Waals surface area (Å²) >= 11 is 0. The Balaban J connectivity index is 3.00. The van der Waals surface area contributed by atoms with E-state index in [1.54, 1.807) is 23.7 Å². The topological polar surface area (TPSA) is 48.0 Å². The van der Waals surface area contributed by atoms with Gasteiger partial charge in [-0.3, -0.25) is 4.79 Å². The van der Waals surface area contributed by atoms with Gasteiger partial charge in [0.05, 0.1) is 0 Å². The predicted molar refractivity (Wildman–Crippen MR) is 49.0 cm³/mol. The molecule has 0 aliphatic heterocycles. The lowest BCUT2D eigenvalue weighted by molar-refractivity contribution is 0.672. The van der Waals surface area contributed by atoms with Crippen LogP contribution < -0.4 is 11.3 Å². The van der Waals surface area contributed by atoms with Crippen LogP contribution in [0, 0.1) is 0 Å². The first-order valence-corrected chi connectivity index (χ1v) is 4.02. The molecule has 3 heteroatoms. The zero-order valence-electron chi connectivity index (χ0n) is 7.45. The first-order valence-electron chi connectivity index (χ1n) is 4.02. The summed E-state index contributed by atoms with van der Waals surface area (Å²) in [5.41, 5.74) is 6.63. The van der Waals surface area contributed by atoms with E-state index in [0.29, 0.717) is 0 Å². The molecule has 1 atom stereocenters. The van der Waals surface area contributed by atoms with Crippen LogP contribution in [0.2, 0.25) is 0 Å². The monoisotopic (exact) mass is 166 g/mol. The summed E-state index contributed by atoms with van der Waals surface area (Å²) in [7, 11) is 1.76. The number of nitrogens with two attached hydrogens (primary N) is 1. The van der Waals surface area contributed by atoms with Crippen molar-refractivity contribution >= 4 is 0 Å². The van der Waals surface area contributed by atoms with Gasteiger partial charge in [0.15, 0.2) is 0 Å². The van der Waals surface area contributed by atoms with Gasteiger partial charge < -0.3 is 10.3 Å². The average molecular weight is 166 g/mol. The fraction of sp³-hybridized carbons (Fsp3) is 0.444. The van der Waals surface area contributed by atoms with Crippen molar-refractivity contribution in [2.45, 2.75) is 19.4 Å². The highest BCUT2D eigenvalue weighted by atomic mass is 16.1. The van der Waals surface area contributed by atoms with Crippen molar-refractivity contribution in [3.63, 3.8) is 0 Å². The third-order valence-electron chi connectivity index (χ3n) is 1.82. The molecule has 66 valence electrons. The molecule has 1 rings (SSSR count). The number of pyridine rings is 1. The van der Waals surface area contributed by atoms with Gasteiger partial charge in [0.2, 0.25) is 5.56 Å². The largest absolute Gasteiger partial charge is 0.328 e. The zero-order valence-corrected chi connectivity index (χ0v) is 7.45. The standard InChI is InChI=1S/C9H14N2O/c1-7(10)6-8-4-3-5-9(12)11(8)2/h3-5,7H,6,10H2,1-2H3. The van der Waals surface area contributed by atoms with Gasteiger partial charge in [0.25, 0.3) is 0 Å². The van der Waals surface area contributed by atoms with Crippen molar-refractivity contribution in [2.24, 2.45) is 12.8 Å². The van der Waals surface area contributed by atoms with Gasteiger partial charge in [-0.15, -0.1) is 0 Å². The molecule has 0 aliphatic carbocycles. The lowest BCUT2D eigenvalue weighted by atomic mass is 10.2. The Morgan fingerprint density at radius 3 is 2.83 bits per heavy atom. The third kappa shape index (κ3) is 1.95. The van der Waals surface area contributed by atoms with E-state index in [1.807, 2.05) is 13.0 Å². The highest BCUT2D eigenvalue weighted by Gasteiger charge is 2.01. The molecule has 3 nitrogen and oxygen atoms in total. The van der Waals surface area contributed by atoms with Crippen LogP contribution in [-0.2, 0) is 13.5 Å². The molecule has 1 aromatic heterocycles. The quantitative estimate of drug-likeness (QED) is 0.685. The maximum Gasteiger partial charge on any atom is 0.250 e. The van der Waals surface area contributed by atoms with Gasteiger partial charge in [-0.2, -0.15) is 0 Å². The van der Waals surface area contributed by atoms with Crippen LogP contribution in [0.4, 0.5) is 0 Å². The van der Waals surface area contributed by atoms with Gasteiger partial charge in [-0.05, 0) is 13.0 Å². The number of hydrogen-bond donors (Lipinski definition) is 1. The molecular formula is C9H14N2O. The summed E-state index contributed by atoms with van der Waals surface area (Å²) < 4.78 is 1.63. The Hall–Kier alpha value is -1.09. The Morgan fingerprint density at radius 1 is 1.58 bits per heavy atom. The molecule has 0 amide bonds. The summed E-state index contributed by atoms with van der Waals surface area (Å²) in [5.74, 6) is 0. The molecule has 1 aromatic rings. The molecule has 0 aliphatic rings. The van der Waals surface area contributed by atoms with Crippen LogP contribution in [0.5, 0.6) is 0 Å². The highest BCUT2D eigenvalue weighted by molar-refractivity contribution is 5.07. The molecule has 0 saturated heterocycles. The molecule has 0 spiro atoms. The molecule has 0 fully saturated rings. The molecule has 0 aromatic carbocycles. The Morgan fingerprint density at radius 2 is 2.25 bits per heavy atom. The second-order valence-corrected chi connectivity index (χ2v) is 3.10. The minimum Gasteiger partial charge on any atom is -0.328 e. The van der Waals surface area contributed by atoms with E-state index in [1.165, 1.54) is 0 Å². The van der Waals surface area contributed by atoms with Gasteiger partial charge in [-0.25, -0.2) is 0 Å². The van der Waals surface area contributed by atoms with Crippen LogP contribution in [0.15, 0.2) is 23.0 Å². The van der Waals surface area contributed by atoms with Gasteiger partial charge in [0, 0.05) is 31.3 Å². The molecular weight excluding hydrogens is 152 g/mol. The van der Waals surface area contributed by atoms with E-state index in [-0.39, 0.29) is 11.6 Å². The van der Waals surface area contributed by atoms with E-state index in [0.717, 1.165) is 12.1 Å². The summed E-state index contributed by atoms with van der Waals surface area (Å²) in [6.07, 6.45) is 0.743. The van der Waals surface area contributed by atoms with E-state index in [2.05, 4.69) is 0 Å². The predicted octanol–water partition coefficient (Wildman–Crippen LogP) is 0.275. The Bertz CT molecular complexity index is 315. The fourth-order valence-corrected chi connectivity index (χ4v) is 1.14. The minimum atomic E-state index is 0.0214.